The fourth-order valence-electron chi connectivity index (χ4n) is 4.82. The molecule has 0 unspecified atom stereocenters. The summed E-state index contributed by atoms with van der Waals surface area (Å²) in [6, 6.07) is 11.5. The fraction of sp³-hybridized carbons (Fsp3) is 0.556. The Morgan fingerprint density at radius 3 is 2.56 bits per heavy atom. The van der Waals surface area contributed by atoms with Gasteiger partial charge in [-0.2, -0.15) is 5.10 Å². The van der Waals surface area contributed by atoms with Gasteiger partial charge in [0.2, 0.25) is 5.91 Å². The van der Waals surface area contributed by atoms with Crippen LogP contribution >= 0.6 is 0 Å². The predicted octanol–water partition coefficient (Wildman–Crippen LogP) is 2.67. The first-order valence-corrected chi connectivity index (χ1v) is 12.9. The zero-order valence-electron chi connectivity index (χ0n) is 21.4. The van der Waals surface area contributed by atoms with Crippen LogP contribution in [0.4, 0.5) is 0 Å². The van der Waals surface area contributed by atoms with Crippen LogP contribution in [-0.2, 0) is 22.6 Å². The molecule has 194 valence electrons. The third-order valence-corrected chi connectivity index (χ3v) is 7.10. The molecule has 1 aromatic carbocycles. The molecule has 36 heavy (non-hydrogen) atoms. The van der Waals surface area contributed by atoms with Gasteiger partial charge < -0.3 is 19.4 Å². The van der Waals surface area contributed by atoms with E-state index in [-0.39, 0.29) is 29.8 Å². The van der Waals surface area contributed by atoms with E-state index < -0.39 is 0 Å². The van der Waals surface area contributed by atoms with Gasteiger partial charge in [0.1, 0.15) is 5.69 Å². The number of hydrogen-bond acceptors (Lipinski definition) is 5. The van der Waals surface area contributed by atoms with Gasteiger partial charge in [-0.25, -0.2) is 0 Å². The van der Waals surface area contributed by atoms with E-state index in [0.717, 1.165) is 37.9 Å². The van der Waals surface area contributed by atoms with Crippen molar-refractivity contribution in [3.8, 4) is 0 Å². The van der Waals surface area contributed by atoms with Gasteiger partial charge in [-0.3, -0.25) is 19.1 Å². The lowest BCUT2D eigenvalue weighted by Gasteiger charge is -2.31. The Balaban J connectivity index is 1.44. The summed E-state index contributed by atoms with van der Waals surface area (Å²) in [5.74, 6) is 0.316. The lowest BCUT2D eigenvalue weighted by Crippen LogP contribution is -2.41. The molecule has 2 aliphatic heterocycles. The number of methoxy groups -OCH3 is 1. The van der Waals surface area contributed by atoms with Gasteiger partial charge in [-0.05, 0) is 30.7 Å². The molecule has 4 rings (SSSR count). The molecule has 1 fully saturated rings. The predicted molar refractivity (Wildman–Crippen MR) is 135 cm³/mol. The van der Waals surface area contributed by atoms with Crippen LogP contribution in [0.5, 0.6) is 0 Å². The first-order chi connectivity index (χ1) is 17.5. The van der Waals surface area contributed by atoms with Crippen LogP contribution in [0.2, 0.25) is 0 Å². The topological polar surface area (TPSA) is 88.0 Å². The van der Waals surface area contributed by atoms with E-state index in [1.165, 1.54) is 0 Å². The van der Waals surface area contributed by atoms with E-state index in [9.17, 15) is 14.4 Å². The van der Waals surface area contributed by atoms with Gasteiger partial charge in [-0.15, -0.1) is 0 Å². The number of ether oxygens (including phenoxy) is 1. The molecule has 0 saturated carbocycles. The second kappa shape index (κ2) is 12.2. The largest absolute Gasteiger partial charge is 0.383 e. The van der Waals surface area contributed by atoms with Crippen LogP contribution in [-0.4, -0.2) is 88.6 Å². The lowest BCUT2D eigenvalue weighted by molar-refractivity contribution is -0.132. The Bertz CT molecular complexity index is 1050. The van der Waals surface area contributed by atoms with Crippen LogP contribution in [0.1, 0.15) is 59.1 Å². The number of hydrogen-bond donors (Lipinski definition) is 0. The van der Waals surface area contributed by atoms with Crippen molar-refractivity contribution in [2.24, 2.45) is 5.92 Å². The number of aryl methyl sites for hydroxylation is 1. The molecule has 0 N–H and O–H groups in total. The number of nitrogens with zero attached hydrogens (tertiary/aromatic N) is 5. The molecular formula is C27H37N5O4. The Morgan fingerprint density at radius 2 is 1.83 bits per heavy atom. The quantitative estimate of drug-likeness (QED) is 0.534. The van der Waals surface area contributed by atoms with Crippen LogP contribution in [0.15, 0.2) is 36.4 Å². The molecule has 1 saturated heterocycles. The second-order valence-corrected chi connectivity index (χ2v) is 9.80. The highest BCUT2D eigenvalue weighted by molar-refractivity contribution is 5.98. The number of fused-ring (bicyclic) bond motifs is 1. The smallest absolute Gasteiger partial charge is 0.274 e. The van der Waals surface area contributed by atoms with Gasteiger partial charge in [-0.1, -0.05) is 37.3 Å². The first kappa shape index (κ1) is 25.9. The third-order valence-electron chi connectivity index (χ3n) is 7.10. The van der Waals surface area contributed by atoms with Crippen LogP contribution < -0.4 is 0 Å². The van der Waals surface area contributed by atoms with Gasteiger partial charge in [0, 0.05) is 65.4 Å². The molecule has 9 heteroatoms. The maximum atomic E-state index is 13.4. The van der Waals surface area contributed by atoms with Crippen molar-refractivity contribution >= 4 is 17.7 Å². The number of benzene rings is 1. The maximum absolute atomic E-state index is 13.4. The summed E-state index contributed by atoms with van der Waals surface area (Å²) in [6.45, 7) is 6.51. The van der Waals surface area contributed by atoms with Crippen molar-refractivity contribution in [1.29, 1.82) is 0 Å². The minimum absolute atomic E-state index is 0.0736. The summed E-state index contributed by atoms with van der Waals surface area (Å²) in [5.41, 5.74) is 1.72. The number of aromatic nitrogens is 2. The SMILES string of the molecule is COCCN(CCC(=O)N1CCC(C)CC1)C(=O)c1cc2n(n1)CCCN(Cc1ccccc1)C2=O. The number of amides is 3. The summed E-state index contributed by atoms with van der Waals surface area (Å²) in [7, 11) is 1.58. The summed E-state index contributed by atoms with van der Waals surface area (Å²) >= 11 is 0. The minimum atomic E-state index is -0.282. The highest BCUT2D eigenvalue weighted by Gasteiger charge is 2.29. The number of carbonyl (C=O) groups excluding carboxylic acids is 3. The minimum Gasteiger partial charge on any atom is -0.383 e. The number of piperidine rings is 1. The van der Waals surface area contributed by atoms with E-state index in [4.69, 9.17) is 4.74 Å². The fourth-order valence-corrected chi connectivity index (χ4v) is 4.82. The van der Waals surface area contributed by atoms with Crippen molar-refractivity contribution in [2.45, 2.75) is 45.7 Å². The molecule has 2 aliphatic rings. The van der Waals surface area contributed by atoms with E-state index in [0.29, 0.717) is 50.9 Å². The standard InChI is InChI=1S/C27H37N5O4/c1-21-9-14-29(15-10-21)25(33)11-16-30(17-18-36-2)26(34)23-19-24-27(35)31(12-6-13-32(24)28-23)20-22-7-4-3-5-8-22/h3-5,7-8,19,21H,6,9-18,20H2,1-2H3. The van der Waals surface area contributed by atoms with Crippen LogP contribution in [0.3, 0.4) is 0 Å². The Kier molecular flexibility index (Phi) is 8.74. The van der Waals surface area contributed by atoms with Gasteiger partial charge in [0.25, 0.3) is 11.8 Å². The number of rotatable bonds is 9. The molecular weight excluding hydrogens is 458 g/mol. The Hall–Kier alpha value is -3.20. The number of carbonyl (C=O) groups is 3. The van der Waals surface area contributed by atoms with Crippen molar-refractivity contribution in [1.82, 2.24) is 24.5 Å². The Morgan fingerprint density at radius 1 is 1.08 bits per heavy atom. The van der Waals surface area contributed by atoms with Crippen LogP contribution in [0, 0.1) is 5.92 Å². The molecule has 9 nitrogen and oxygen atoms in total. The normalized spacial score (nSPS) is 16.6. The molecule has 0 spiro atoms. The van der Waals surface area contributed by atoms with E-state index in [2.05, 4.69) is 12.0 Å². The van der Waals surface area contributed by atoms with Crippen molar-refractivity contribution < 1.29 is 19.1 Å². The average molecular weight is 496 g/mol. The summed E-state index contributed by atoms with van der Waals surface area (Å²) in [6.07, 6.45) is 3.07. The Labute approximate surface area is 213 Å². The van der Waals surface area contributed by atoms with Gasteiger partial charge >= 0.3 is 0 Å². The molecule has 3 heterocycles. The maximum Gasteiger partial charge on any atom is 0.274 e. The molecule has 0 aliphatic carbocycles. The van der Waals surface area contributed by atoms with Crippen molar-refractivity contribution in [3.63, 3.8) is 0 Å². The summed E-state index contributed by atoms with van der Waals surface area (Å²) < 4.78 is 6.85. The lowest BCUT2D eigenvalue weighted by atomic mass is 9.99. The monoisotopic (exact) mass is 495 g/mol. The number of likely N-dealkylation sites (tertiary alicyclic amines) is 1. The average Bonchev–Trinajstić information content (AvgIpc) is 3.26. The second-order valence-electron chi connectivity index (χ2n) is 9.80. The van der Waals surface area contributed by atoms with Crippen molar-refractivity contribution in [2.75, 3.05) is 46.4 Å². The third kappa shape index (κ3) is 6.32. The summed E-state index contributed by atoms with van der Waals surface area (Å²) in [4.78, 5) is 44.8. The highest BCUT2D eigenvalue weighted by atomic mass is 16.5. The van der Waals surface area contributed by atoms with Crippen LogP contribution in [0.25, 0.3) is 0 Å². The molecule has 0 atom stereocenters. The zero-order valence-corrected chi connectivity index (χ0v) is 21.4. The van der Waals surface area contributed by atoms with E-state index in [1.807, 2.05) is 40.1 Å². The molecule has 0 bridgehead atoms. The molecule has 2 aromatic rings. The van der Waals surface area contributed by atoms with Gasteiger partial charge in [0.15, 0.2) is 5.69 Å². The first-order valence-electron chi connectivity index (χ1n) is 12.9. The van der Waals surface area contributed by atoms with Gasteiger partial charge in [0.05, 0.1) is 6.61 Å². The molecule has 3 amide bonds. The van der Waals surface area contributed by atoms with Crippen molar-refractivity contribution in [3.05, 3.63) is 53.3 Å². The molecule has 1 aromatic heterocycles. The highest BCUT2D eigenvalue weighted by Crippen LogP contribution is 2.19. The molecule has 0 radical (unpaired) electrons. The van der Waals surface area contributed by atoms with E-state index >= 15 is 0 Å². The zero-order chi connectivity index (χ0) is 25.5. The van der Waals surface area contributed by atoms with E-state index in [1.54, 1.807) is 22.8 Å². The summed E-state index contributed by atoms with van der Waals surface area (Å²) in [5, 5.41) is 4.50.